The van der Waals surface area contributed by atoms with Crippen molar-refractivity contribution in [1.82, 2.24) is 9.80 Å². The summed E-state index contributed by atoms with van der Waals surface area (Å²) in [5, 5.41) is 8.52. The Kier molecular flexibility index (Phi) is 4.70. The third-order valence-corrected chi connectivity index (χ3v) is 2.58. The van der Waals surface area contributed by atoms with Gasteiger partial charge in [0, 0.05) is 26.2 Å². The highest BCUT2D eigenvalue weighted by molar-refractivity contribution is 5.69. The minimum atomic E-state index is -4.00. The fraction of sp³-hybridized carbons (Fsp3) is 0.889. The van der Waals surface area contributed by atoms with Crippen LogP contribution in [0.25, 0.3) is 0 Å². The first-order valence-electron chi connectivity index (χ1n) is 5.14. The van der Waals surface area contributed by atoms with Gasteiger partial charge in [0.05, 0.1) is 13.1 Å². The SMILES string of the molecule is O=C(O)CN1CCN(CC(F)(F)C(F)F)CC1. The fourth-order valence-corrected chi connectivity index (χ4v) is 1.66. The molecule has 1 heterocycles. The zero-order valence-electron chi connectivity index (χ0n) is 9.08. The van der Waals surface area contributed by atoms with E-state index in [1.165, 1.54) is 4.90 Å². The van der Waals surface area contributed by atoms with Gasteiger partial charge in [0.1, 0.15) is 0 Å². The fourth-order valence-electron chi connectivity index (χ4n) is 1.66. The number of piperazine rings is 1. The van der Waals surface area contributed by atoms with Gasteiger partial charge in [0.15, 0.2) is 0 Å². The second kappa shape index (κ2) is 5.63. The molecule has 17 heavy (non-hydrogen) atoms. The Morgan fingerprint density at radius 1 is 1.18 bits per heavy atom. The van der Waals surface area contributed by atoms with E-state index in [2.05, 4.69) is 0 Å². The Morgan fingerprint density at radius 2 is 1.65 bits per heavy atom. The third-order valence-electron chi connectivity index (χ3n) is 2.58. The predicted molar refractivity (Wildman–Crippen MR) is 51.5 cm³/mol. The van der Waals surface area contributed by atoms with E-state index in [9.17, 15) is 22.4 Å². The van der Waals surface area contributed by atoms with Crippen LogP contribution in [0.5, 0.6) is 0 Å². The lowest BCUT2D eigenvalue weighted by Crippen LogP contribution is -2.52. The molecule has 1 fully saturated rings. The van der Waals surface area contributed by atoms with E-state index in [-0.39, 0.29) is 19.6 Å². The lowest BCUT2D eigenvalue weighted by molar-refractivity contribution is -0.147. The van der Waals surface area contributed by atoms with Crippen LogP contribution < -0.4 is 0 Å². The zero-order valence-corrected chi connectivity index (χ0v) is 9.08. The maximum atomic E-state index is 12.7. The Bertz CT molecular complexity index is 268. The van der Waals surface area contributed by atoms with E-state index in [0.717, 1.165) is 0 Å². The van der Waals surface area contributed by atoms with Gasteiger partial charge < -0.3 is 5.11 Å². The van der Waals surface area contributed by atoms with Crippen LogP contribution in [0.15, 0.2) is 0 Å². The van der Waals surface area contributed by atoms with Gasteiger partial charge in [0.2, 0.25) is 0 Å². The van der Waals surface area contributed by atoms with Crippen LogP contribution in [-0.4, -0.2) is 72.5 Å². The molecule has 100 valence electrons. The molecule has 4 nitrogen and oxygen atoms in total. The summed E-state index contributed by atoms with van der Waals surface area (Å²) in [6.45, 7) is -0.187. The van der Waals surface area contributed by atoms with Gasteiger partial charge in [-0.2, -0.15) is 8.78 Å². The summed E-state index contributed by atoms with van der Waals surface area (Å²) in [4.78, 5) is 13.2. The normalized spacial score (nSPS) is 19.8. The molecular formula is C9H14F4N2O2. The van der Waals surface area contributed by atoms with Crippen LogP contribution in [0.4, 0.5) is 17.6 Å². The van der Waals surface area contributed by atoms with Crippen molar-refractivity contribution in [2.45, 2.75) is 12.3 Å². The van der Waals surface area contributed by atoms with Crippen molar-refractivity contribution in [3.63, 3.8) is 0 Å². The largest absolute Gasteiger partial charge is 0.480 e. The minimum absolute atomic E-state index is 0.154. The number of alkyl halides is 4. The molecule has 1 aliphatic heterocycles. The summed E-state index contributed by atoms with van der Waals surface area (Å²) in [5.74, 6) is -4.99. The molecule has 0 saturated carbocycles. The first kappa shape index (κ1) is 14.2. The molecule has 1 aliphatic rings. The summed E-state index contributed by atoms with van der Waals surface area (Å²) in [6.07, 6.45) is -3.67. The van der Waals surface area contributed by atoms with Crippen LogP contribution in [0.2, 0.25) is 0 Å². The molecular weight excluding hydrogens is 244 g/mol. The number of carboxylic acid groups (broad SMARTS) is 1. The maximum absolute atomic E-state index is 12.7. The van der Waals surface area contributed by atoms with E-state index in [0.29, 0.717) is 13.1 Å². The molecule has 0 atom stereocenters. The quantitative estimate of drug-likeness (QED) is 0.733. The molecule has 0 aromatic carbocycles. The number of rotatable bonds is 5. The van der Waals surface area contributed by atoms with Crippen LogP contribution in [0.1, 0.15) is 0 Å². The van der Waals surface area contributed by atoms with Gasteiger partial charge in [-0.3, -0.25) is 14.6 Å². The molecule has 1 N–H and O–H groups in total. The average molecular weight is 258 g/mol. The van der Waals surface area contributed by atoms with Crippen molar-refractivity contribution >= 4 is 5.97 Å². The standard InChI is InChI=1S/C9H14F4N2O2/c10-8(11)9(12,13)6-15-3-1-14(2-4-15)5-7(16)17/h8H,1-6H2,(H,16,17). The van der Waals surface area contributed by atoms with Crippen molar-refractivity contribution in [2.24, 2.45) is 0 Å². The van der Waals surface area contributed by atoms with Gasteiger partial charge in [-0.1, -0.05) is 0 Å². The van der Waals surface area contributed by atoms with Crippen molar-refractivity contribution < 1.29 is 27.5 Å². The number of hydrogen-bond donors (Lipinski definition) is 1. The molecule has 1 saturated heterocycles. The molecule has 0 aromatic rings. The number of halogens is 4. The number of carboxylic acids is 1. The van der Waals surface area contributed by atoms with E-state index in [1.807, 2.05) is 0 Å². The molecule has 8 heteroatoms. The number of hydrogen-bond acceptors (Lipinski definition) is 3. The molecule has 0 aromatic heterocycles. The Labute approximate surface area is 95.8 Å². The summed E-state index contributed by atoms with van der Waals surface area (Å²) < 4.78 is 49.4. The van der Waals surface area contributed by atoms with Gasteiger partial charge in [-0.15, -0.1) is 0 Å². The van der Waals surface area contributed by atoms with Crippen molar-refractivity contribution in [3.8, 4) is 0 Å². The van der Waals surface area contributed by atoms with E-state index in [4.69, 9.17) is 5.11 Å². The van der Waals surface area contributed by atoms with Crippen molar-refractivity contribution in [2.75, 3.05) is 39.3 Å². The highest BCUT2D eigenvalue weighted by atomic mass is 19.3. The van der Waals surface area contributed by atoms with E-state index in [1.54, 1.807) is 4.90 Å². The molecule has 1 rings (SSSR count). The zero-order chi connectivity index (χ0) is 13.1. The summed E-state index contributed by atoms with van der Waals surface area (Å²) in [6, 6.07) is 0. The van der Waals surface area contributed by atoms with E-state index < -0.39 is 24.9 Å². The van der Waals surface area contributed by atoms with Crippen LogP contribution in [0, 0.1) is 0 Å². The van der Waals surface area contributed by atoms with Crippen LogP contribution >= 0.6 is 0 Å². The molecule has 0 spiro atoms. The molecule has 0 amide bonds. The van der Waals surface area contributed by atoms with Gasteiger partial charge in [-0.05, 0) is 0 Å². The second-order valence-corrected chi connectivity index (χ2v) is 4.01. The van der Waals surface area contributed by atoms with Gasteiger partial charge in [0.25, 0.3) is 0 Å². The Hall–Kier alpha value is -0.890. The topological polar surface area (TPSA) is 43.8 Å². The molecule has 0 radical (unpaired) electrons. The second-order valence-electron chi connectivity index (χ2n) is 4.01. The van der Waals surface area contributed by atoms with Crippen LogP contribution in [-0.2, 0) is 4.79 Å². The Morgan fingerprint density at radius 3 is 2.06 bits per heavy atom. The van der Waals surface area contributed by atoms with Crippen molar-refractivity contribution in [3.05, 3.63) is 0 Å². The molecule has 0 bridgehead atoms. The number of carbonyl (C=O) groups is 1. The van der Waals surface area contributed by atoms with E-state index >= 15 is 0 Å². The average Bonchev–Trinajstić information content (AvgIpc) is 2.19. The predicted octanol–water partition coefficient (Wildman–Crippen LogP) is 0.589. The molecule has 0 aliphatic carbocycles. The smallest absolute Gasteiger partial charge is 0.319 e. The molecule has 0 unspecified atom stereocenters. The highest BCUT2D eigenvalue weighted by Crippen LogP contribution is 2.24. The minimum Gasteiger partial charge on any atom is -0.480 e. The lowest BCUT2D eigenvalue weighted by Gasteiger charge is -2.35. The van der Waals surface area contributed by atoms with Crippen molar-refractivity contribution in [1.29, 1.82) is 0 Å². The first-order valence-corrected chi connectivity index (χ1v) is 5.14. The maximum Gasteiger partial charge on any atom is 0.319 e. The Balaban J connectivity index is 2.35. The van der Waals surface area contributed by atoms with Gasteiger partial charge in [-0.25, -0.2) is 8.78 Å². The van der Waals surface area contributed by atoms with Gasteiger partial charge >= 0.3 is 18.3 Å². The number of aliphatic carboxylic acids is 1. The third kappa shape index (κ3) is 4.47. The first-order chi connectivity index (χ1) is 7.81. The summed E-state index contributed by atoms with van der Waals surface area (Å²) in [5.41, 5.74) is 0. The summed E-state index contributed by atoms with van der Waals surface area (Å²) >= 11 is 0. The van der Waals surface area contributed by atoms with Crippen LogP contribution in [0.3, 0.4) is 0 Å². The number of nitrogens with zero attached hydrogens (tertiary/aromatic N) is 2. The summed E-state index contributed by atoms with van der Waals surface area (Å²) in [7, 11) is 0. The lowest BCUT2D eigenvalue weighted by atomic mass is 10.2. The highest BCUT2D eigenvalue weighted by Gasteiger charge is 2.42. The monoisotopic (exact) mass is 258 g/mol.